The summed E-state index contributed by atoms with van der Waals surface area (Å²) in [6.45, 7) is 0. The van der Waals surface area contributed by atoms with Crippen LogP contribution in [0.3, 0.4) is 0 Å². The highest BCUT2D eigenvalue weighted by Gasteiger charge is 2.24. The van der Waals surface area contributed by atoms with Gasteiger partial charge in [-0.1, -0.05) is 6.07 Å². The van der Waals surface area contributed by atoms with E-state index >= 15 is 0 Å². The van der Waals surface area contributed by atoms with Crippen molar-refractivity contribution in [3.63, 3.8) is 0 Å². The number of hydrogen-bond acceptors (Lipinski definition) is 7. The number of nitrogen functional groups attached to an aromatic ring is 1. The zero-order valence-electron chi connectivity index (χ0n) is 10.0. The van der Waals surface area contributed by atoms with Crippen molar-refractivity contribution in [2.45, 2.75) is 5.03 Å². The van der Waals surface area contributed by atoms with Crippen LogP contribution in [0, 0.1) is 0 Å². The van der Waals surface area contributed by atoms with Crippen LogP contribution in [0.25, 0.3) is 5.65 Å². The second-order valence-electron chi connectivity index (χ2n) is 3.80. The minimum Gasteiger partial charge on any atom is -0.381 e. The van der Waals surface area contributed by atoms with Gasteiger partial charge >= 0.3 is 0 Å². The second kappa shape index (κ2) is 4.42. The lowest BCUT2D eigenvalue weighted by Gasteiger charge is -2.05. The van der Waals surface area contributed by atoms with Gasteiger partial charge in [-0.05, 0) is 12.1 Å². The van der Waals surface area contributed by atoms with Gasteiger partial charge in [0.05, 0.1) is 12.4 Å². The highest BCUT2D eigenvalue weighted by atomic mass is 32.2. The van der Waals surface area contributed by atoms with Gasteiger partial charge in [-0.15, -0.1) is 5.10 Å². The summed E-state index contributed by atoms with van der Waals surface area (Å²) in [7, 11) is -3.97. The van der Waals surface area contributed by atoms with Crippen LogP contribution in [0.15, 0.2) is 41.8 Å². The lowest BCUT2D eigenvalue weighted by molar-refractivity contribution is 0.596. The molecule has 0 atom stereocenters. The molecular weight excluding hydrogens is 282 g/mol. The largest absolute Gasteiger partial charge is 0.381 e. The number of pyridine rings is 1. The maximum absolute atomic E-state index is 12.3. The topological polar surface area (TPSA) is 128 Å². The van der Waals surface area contributed by atoms with E-state index in [1.54, 1.807) is 24.4 Å². The number of imidazole rings is 1. The molecule has 3 N–H and O–H groups in total. The van der Waals surface area contributed by atoms with Crippen LogP contribution < -0.4 is 10.5 Å². The fourth-order valence-electron chi connectivity index (χ4n) is 1.72. The molecule has 0 aliphatic carbocycles. The minimum atomic E-state index is -3.97. The van der Waals surface area contributed by atoms with Crippen LogP contribution in [0.1, 0.15) is 0 Å². The molecule has 0 amide bonds. The first kappa shape index (κ1) is 12.3. The number of anilines is 2. The van der Waals surface area contributed by atoms with E-state index in [1.807, 2.05) is 0 Å². The lowest BCUT2D eigenvalue weighted by Crippen LogP contribution is -2.18. The van der Waals surface area contributed by atoms with Gasteiger partial charge in [0, 0.05) is 6.20 Å². The van der Waals surface area contributed by atoms with E-state index < -0.39 is 10.0 Å². The van der Waals surface area contributed by atoms with Gasteiger partial charge in [-0.2, -0.15) is 13.5 Å². The average Bonchev–Trinajstić information content (AvgIpc) is 2.75. The van der Waals surface area contributed by atoms with Crippen molar-refractivity contribution >= 4 is 27.4 Å². The van der Waals surface area contributed by atoms with E-state index in [2.05, 4.69) is 24.9 Å². The molecule has 20 heavy (non-hydrogen) atoms. The normalized spacial score (nSPS) is 11.6. The molecule has 0 unspecified atom stereocenters. The first-order valence-corrected chi connectivity index (χ1v) is 6.95. The third kappa shape index (κ3) is 2.01. The van der Waals surface area contributed by atoms with Gasteiger partial charge in [0.2, 0.25) is 5.03 Å². The van der Waals surface area contributed by atoms with Gasteiger partial charge in [0.1, 0.15) is 5.65 Å². The molecule has 0 aromatic carbocycles. The molecule has 0 saturated heterocycles. The Morgan fingerprint density at radius 3 is 2.85 bits per heavy atom. The van der Waals surface area contributed by atoms with Crippen LogP contribution in [-0.4, -0.2) is 33.0 Å². The lowest BCUT2D eigenvalue weighted by atomic mass is 10.5. The summed E-state index contributed by atoms with van der Waals surface area (Å²) >= 11 is 0. The minimum absolute atomic E-state index is 0.104. The van der Waals surface area contributed by atoms with Gasteiger partial charge in [0.15, 0.2) is 5.82 Å². The summed E-state index contributed by atoms with van der Waals surface area (Å²) in [4.78, 5) is 7.74. The summed E-state index contributed by atoms with van der Waals surface area (Å²) in [6, 6.07) is 5.06. The van der Waals surface area contributed by atoms with E-state index in [9.17, 15) is 8.42 Å². The van der Waals surface area contributed by atoms with E-state index in [0.717, 1.165) is 0 Å². The third-order valence-electron chi connectivity index (χ3n) is 2.47. The summed E-state index contributed by atoms with van der Waals surface area (Å²) < 4.78 is 28.2. The molecule has 3 rings (SSSR count). The summed E-state index contributed by atoms with van der Waals surface area (Å²) in [5.41, 5.74) is 6.11. The fourth-order valence-corrected chi connectivity index (χ4v) is 2.89. The van der Waals surface area contributed by atoms with Gasteiger partial charge < -0.3 is 5.73 Å². The van der Waals surface area contributed by atoms with Crippen LogP contribution in [0.5, 0.6) is 0 Å². The quantitative estimate of drug-likeness (QED) is 0.689. The summed E-state index contributed by atoms with van der Waals surface area (Å²) in [5.74, 6) is -0.245. The van der Waals surface area contributed by atoms with Crippen molar-refractivity contribution in [1.29, 1.82) is 0 Å². The van der Waals surface area contributed by atoms with Crippen molar-refractivity contribution in [2.24, 2.45) is 0 Å². The molecule has 0 aliphatic heterocycles. The average molecular weight is 291 g/mol. The van der Waals surface area contributed by atoms with Gasteiger partial charge in [0.25, 0.3) is 16.0 Å². The predicted molar refractivity (Wildman–Crippen MR) is 70.2 cm³/mol. The standard InChI is InChI=1S/C10H9N7O2S/c11-8-9(17-6-2-1-3-7(17)14-8)20(18,19)16-10-12-4-5-13-15-10/h1-6H,11H2,(H,12,15,16). The highest BCUT2D eigenvalue weighted by Crippen LogP contribution is 2.21. The molecule has 0 spiro atoms. The maximum Gasteiger partial charge on any atom is 0.284 e. The molecule has 0 fully saturated rings. The van der Waals surface area contributed by atoms with Crippen molar-refractivity contribution < 1.29 is 8.42 Å². The number of rotatable bonds is 3. The van der Waals surface area contributed by atoms with E-state index in [1.165, 1.54) is 16.8 Å². The Morgan fingerprint density at radius 2 is 2.10 bits per heavy atom. The van der Waals surface area contributed by atoms with Crippen LogP contribution in [0.2, 0.25) is 0 Å². The Hall–Kier alpha value is -2.75. The molecular formula is C10H9N7O2S. The van der Waals surface area contributed by atoms with E-state index in [0.29, 0.717) is 5.65 Å². The Bertz CT molecular complexity index is 860. The predicted octanol–water partition coefficient (Wildman–Crippen LogP) is -0.0977. The van der Waals surface area contributed by atoms with Crippen LogP contribution in [0.4, 0.5) is 11.8 Å². The Kier molecular flexibility index (Phi) is 2.71. The number of hydrogen-bond donors (Lipinski definition) is 2. The molecule has 9 nitrogen and oxygen atoms in total. The Morgan fingerprint density at radius 1 is 1.25 bits per heavy atom. The Balaban J connectivity index is 2.12. The third-order valence-corrected chi connectivity index (χ3v) is 3.84. The SMILES string of the molecule is Nc1nc2ccccn2c1S(=O)(=O)Nc1nccnn1. The van der Waals surface area contributed by atoms with Gasteiger partial charge in [-0.25, -0.2) is 14.7 Å². The van der Waals surface area contributed by atoms with Crippen molar-refractivity contribution in [3.05, 3.63) is 36.8 Å². The number of nitrogens with one attached hydrogen (secondary N) is 1. The first-order valence-electron chi connectivity index (χ1n) is 5.47. The monoisotopic (exact) mass is 291 g/mol. The smallest absolute Gasteiger partial charge is 0.284 e. The number of sulfonamides is 1. The van der Waals surface area contributed by atoms with Crippen molar-refractivity contribution in [1.82, 2.24) is 24.6 Å². The second-order valence-corrected chi connectivity index (χ2v) is 5.40. The molecule has 3 aromatic heterocycles. The molecule has 0 bridgehead atoms. The number of nitrogens with two attached hydrogens (primary N) is 1. The van der Waals surface area contributed by atoms with Gasteiger partial charge in [-0.3, -0.25) is 4.40 Å². The van der Waals surface area contributed by atoms with E-state index in [-0.39, 0.29) is 16.8 Å². The number of aromatic nitrogens is 5. The zero-order chi connectivity index (χ0) is 14.2. The van der Waals surface area contributed by atoms with Crippen molar-refractivity contribution in [3.8, 4) is 0 Å². The fraction of sp³-hybridized carbons (Fsp3) is 0. The molecule has 3 aromatic rings. The van der Waals surface area contributed by atoms with Crippen LogP contribution in [-0.2, 0) is 10.0 Å². The molecule has 102 valence electrons. The molecule has 3 heterocycles. The number of nitrogens with zero attached hydrogens (tertiary/aromatic N) is 5. The molecule has 0 radical (unpaired) electrons. The van der Waals surface area contributed by atoms with Crippen LogP contribution >= 0.6 is 0 Å². The molecule has 0 aliphatic rings. The van der Waals surface area contributed by atoms with Crippen molar-refractivity contribution in [2.75, 3.05) is 10.5 Å². The number of fused-ring (bicyclic) bond motifs is 1. The zero-order valence-corrected chi connectivity index (χ0v) is 10.8. The summed E-state index contributed by atoms with van der Waals surface area (Å²) in [5, 5.41) is 6.94. The molecule has 0 saturated carbocycles. The first-order chi connectivity index (χ1) is 9.58. The Labute approximate surface area is 113 Å². The molecule has 10 heteroatoms. The maximum atomic E-state index is 12.3. The highest BCUT2D eigenvalue weighted by molar-refractivity contribution is 7.92. The summed E-state index contributed by atoms with van der Waals surface area (Å²) in [6.07, 6.45) is 4.21. The van der Waals surface area contributed by atoms with E-state index in [4.69, 9.17) is 5.73 Å².